The van der Waals surface area contributed by atoms with Gasteiger partial charge in [0.15, 0.2) is 0 Å². The van der Waals surface area contributed by atoms with Crippen molar-refractivity contribution in [2.45, 2.75) is 12.5 Å². The summed E-state index contributed by atoms with van der Waals surface area (Å²) in [7, 11) is 1.95. The Bertz CT molecular complexity index is 544. The highest BCUT2D eigenvalue weighted by Gasteiger charge is 2.08. The number of ether oxygens (including phenoxy) is 1. The van der Waals surface area contributed by atoms with E-state index in [1.54, 1.807) is 0 Å². The zero-order valence-electron chi connectivity index (χ0n) is 11.3. The molecule has 0 radical (unpaired) electrons. The molecule has 0 aliphatic carbocycles. The van der Waals surface area contributed by atoms with Crippen LogP contribution in [-0.4, -0.2) is 19.7 Å². The number of benzene rings is 2. The van der Waals surface area contributed by atoms with Gasteiger partial charge in [0.25, 0.3) is 0 Å². The Morgan fingerprint density at radius 1 is 1.20 bits per heavy atom. The average Bonchev–Trinajstić information content (AvgIpc) is 2.45. The minimum absolute atomic E-state index is 0.264. The summed E-state index contributed by atoms with van der Waals surface area (Å²) >= 11 is 9.34. The Labute approximate surface area is 133 Å². The predicted octanol–water partition coefficient (Wildman–Crippen LogP) is 4.31. The molecule has 2 nitrogen and oxygen atoms in total. The largest absolute Gasteiger partial charge is 0.492 e. The van der Waals surface area contributed by atoms with Crippen molar-refractivity contribution in [3.8, 4) is 5.75 Å². The summed E-state index contributed by atoms with van der Waals surface area (Å²) in [4.78, 5) is 0. The van der Waals surface area contributed by atoms with E-state index in [0.29, 0.717) is 6.61 Å². The lowest BCUT2D eigenvalue weighted by atomic mass is 10.1. The Morgan fingerprint density at radius 2 is 1.95 bits per heavy atom. The van der Waals surface area contributed by atoms with E-state index in [9.17, 15) is 0 Å². The Hall–Kier alpha value is -1.03. The van der Waals surface area contributed by atoms with Crippen molar-refractivity contribution in [3.05, 3.63) is 63.6 Å². The predicted molar refractivity (Wildman–Crippen MR) is 87.6 cm³/mol. The van der Waals surface area contributed by atoms with Crippen LogP contribution in [0.4, 0.5) is 0 Å². The molecule has 0 bridgehead atoms. The fourth-order valence-corrected chi connectivity index (χ4v) is 2.49. The van der Waals surface area contributed by atoms with Crippen LogP contribution in [0.1, 0.15) is 5.56 Å². The van der Waals surface area contributed by atoms with E-state index in [2.05, 4.69) is 33.4 Å². The minimum Gasteiger partial charge on any atom is -0.492 e. The number of nitrogens with one attached hydrogen (secondary N) is 1. The zero-order valence-corrected chi connectivity index (χ0v) is 13.6. The summed E-state index contributed by atoms with van der Waals surface area (Å²) < 4.78 is 6.88. The maximum atomic E-state index is 5.85. The lowest BCUT2D eigenvalue weighted by Gasteiger charge is -2.17. The smallest absolute Gasteiger partial charge is 0.119 e. The second-order valence-corrected chi connectivity index (χ2v) is 5.94. The summed E-state index contributed by atoms with van der Waals surface area (Å²) in [5.74, 6) is 0.837. The van der Waals surface area contributed by atoms with E-state index in [4.69, 9.17) is 16.3 Å². The fourth-order valence-electron chi connectivity index (χ4n) is 1.92. The third kappa shape index (κ3) is 4.82. The van der Waals surface area contributed by atoms with Gasteiger partial charge in [-0.3, -0.25) is 0 Å². The van der Waals surface area contributed by atoms with Crippen LogP contribution in [-0.2, 0) is 6.42 Å². The van der Waals surface area contributed by atoms with Crippen LogP contribution < -0.4 is 10.1 Å². The fraction of sp³-hybridized carbons (Fsp3) is 0.250. The molecule has 2 aromatic carbocycles. The van der Waals surface area contributed by atoms with Crippen molar-refractivity contribution in [1.82, 2.24) is 5.32 Å². The molecule has 0 aliphatic heterocycles. The molecular weight excluding hydrogens is 338 g/mol. The average molecular weight is 355 g/mol. The third-order valence-electron chi connectivity index (χ3n) is 3.04. The minimum atomic E-state index is 0.264. The van der Waals surface area contributed by atoms with Gasteiger partial charge in [-0.05, 0) is 55.4 Å². The van der Waals surface area contributed by atoms with Crippen molar-refractivity contribution in [2.24, 2.45) is 0 Å². The Morgan fingerprint density at radius 3 is 2.60 bits per heavy atom. The molecule has 0 fully saturated rings. The number of halogens is 2. The topological polar surface area (TPSA) is 21.3 Å². The number of hydrogen-bond acceptors (Lipinski definition) is 2. The van der Waals surface area contributed by atoms with Crippen molar-refractivity contribution in [1.29, 1.82) is 0 Å². The first-order valence-electron chi connectivity index (χ1n) is 6.47. The van der Waals surface area contributed by atoms with E-state index >= 15 is 0 Å². The molecule has 0 amide bonds. The summed E-state index contributed by atoms with van der Waals surface area (Å²) in [5.41, 5.74) is 1.28. The Kier molecular flexibility index (Phi) is 5.89. The molecule has 106 valence electrons. The molecule has 20 heavy (non-hydrogen) atoms. The summed E-state index contributed by atoms with van der Waals surface area (Å²) in [6, 6.07) is 16.0. The second kappa shape index (κ2) is 7.67. The summed E-state index contributed by atoms with van der Waals surface area (Å²) in [6.45, 7) is 0.616. The van der Waals surface area contributed by atoms with Gasteiger partial charge in [0, 0.05) is 15.5 Å². The molecule has 4 heteroatoms. The lowest BCUT2D eigenvalue weighted by molar-refractivity contribution is 0.270. The van der Waals surface area contributed by atoms with Crippen LogP contribution in [0.25, 0.3) is 0 Å². The van der Waals surface area contributed by atoms with E-state index in [-0.39, 0.29) is 6.04 Å². The number of likely N-dealkylation sites (N-methyl/N-ethyl adjacent to an activating group) is 1. The highest BCUT2D eigenvalue weighted by atomic mass is 79.9. The van der Waals surface area contributed by atoms with Crippen molar-refractivity contribution in [2.75, 3.05) is 13.7 Å². The van der Waals surface area contributed by atoms with Gasteiger partial charge in [0.05, 0.1) is 0 Å². The van der Waals surface area contributed by atoms with E-state index < -0.39 is 0 Å². The quantitative estimate of drug-likeness (QED) is 0.834. The van der Waals surface area contributed by atoms with Gasteiger partial charge in [-0.2, -0.15) is 0 Å². The first-order valence-corrected chi connectivity index (χ1v) is 7.64. The van der Waals surface area contributed by atoms with Gasteiger partial charge in [-0.25, -0.2) is 0 Å². The SMILES string of the molecule is CNC(COc1ccc(Cl)cc1)Cc1cccc(Br)c1. The molecule has 1 N–H and O–H groups in total. The van der Waals surface area contributed by atoms with Crippen LogP contribution in [0.5, 0.6) is 5.75 Å². The van der Waals surface area contributed by atoms with E-state index in [1.807, 2.05) is 43.4 Å². The molecule has 0 spiro atoms. The standard InChI is InChI=1S/C16H17BrClNO/c1-19-15(10-12-3-2-4-13(17)9-12)11-20-16-7-5-14(18)6-8-16/h2-9,15,19H,10-11H2,1H3. The molecule has 2 rings (SSSR count). The van der Waals surface area contributed by atoms with E-state index in [1.165, 1.54) is 5.56 Å². The van der Waals surface area contributed by atoms with Gasteiger partial charge in [-0.1, -0.05) is 39.7 Å². The highest BCUT2D eigenvalue weighted by Crippen LogP contribution is 2.17. The maximum absolute atomic E-state index is 5.85. The van der Waals surface area contributed by atoms with Gasteiger partial charge < -0.3 is 10.1 Å². The number of rotatable bonds is 6. The van der Waals surface area contributed by atoms with Gasteiger partial charge in [0.1, 0.15) is 12.4 Å². The molecule has 0 aromatic heterocycles. The molecule has 1 atom stereocenters. The molecule has 0 heterocycles. The van der Waals surface area contributed by atoms with Crippen molar-refractivity contribution in [3.63, 3.8) is 0 Å². The van der Waals surface area contributed by atoms with Crippen LogP contribution >= 0.6 is 27.5 Å². The molecule has 0 saturated carbocycles. The Balaban J connectivity index is 1.90. The molecule has 0 saturated heterocycles. The maximum Gasteiger partial charge on any atom is 0.119 e. The monoisotopic (exact) mass is 353 g/mol. The van der Waals surface area contributed by atoms with Gasteiger partial charge in [-0.15, -0.1) is 0 Å². The van der Waals surface area contributed by atoms with E-state index in [0.717, 1.165) is 21.7 Å². The first kappa shape index (κ1) is 15.4. The van der Waals surface area contributed by atoms with Crippen molar-refractivity contribution >= 4 is 27.5 Å². The van der Waals surface area contributed by atoms with Crippen LogP contribution in [0, 0.1) is 0 Å². The van der Waals surface area contributed by atoms with Crippen LogP contribution in [0.3, 0.4) is 0 Å². The molecule has 1 unspecified atom stereocenters. The zero-order chi connectivity index (χ0) is 14.4. The second-order valence-electron chi connectivity index (χ2n) is 4.58. The molecule has 2 aromatic rings. The highest BCUT2D eigenvalue weighted by molar-refractivity contribution is 9.10. The normalized spacial score (nSPS) is 12.2. The van der Waals surface area contributed by atoms with Crippen molar-refractivity contribution < 1.29 is 4.74 Å². The van der Waals surface area contributed by atoms with Gasteiger partial charge >= 0.3 is 0 Å². The number of hydrogen-bond donors (Lipinski definition) is 1. The summed E-state index contributed by atoms with van der Waals surface area (Å²) in [5, 5.41) is 4.00. The van der Waals surface area contributed by atoms with Gasteiger partial charge in [0.2, 0.25) is 0 Å². The van der Waals surface area contributed by atoms with Crippen LogP contribution in [0.15, 0.2) is 53.0 Å². The third-order valence-corrected chi connectivity index (χ3v) is 3.79. The summed E-state index contributed by atoms with van der Waals surface area (Å²) in [6.07, 6.45) is 0.920. The molecule has 0 aliphatic rings. The lowest BCUT2D eigenvalue weighted by Crippen LogP contribution is -2.33. The molecular formula is C16H17BrClNO. The van der Waals surface area contributed by atoms with Crippen LogP contribution in [0.2, 0.25) is 5.02 Å². The first-order chi connectivity index (χ1) is 9.67.